The predicted molar refractivity (Wildman–Crippen MR) is 56.9 cm³/mol. The SMILES string of the molecule is O=C(O)C(=O)c1c[nH]c2cccc([N+](=O)[O-])c12. The number of Topliss-reactive ketones (excluding diaryl/α,β-unsaturated/α-hetero) is 1. The second-order valence-corrected chi connectivity index (χ2v) is 3.29. The van der Waals surface area contributed by atoms with Crippen molar-refractivity contribution < 1.29 is 19.6 Å². The predicted octanol–water partition coefficient (Wildman–Crippen LogP) is 1.34. The number of carbonyl (C=O) groups is 2. The smallest absolute Gasteiger partial charge is 0.377 e. The number of carbonyl (C=O) groups excluding carboxylic acids is 1. The molecule has 0 atom stereocenters. The van der Waals surface area contributed by atoms with Crippen molar-refractivity contribution in [3.63, 3.8) is 0 Å². The monoisotopic (exact) mass is 234 g/mol. The number of fused-ring (bicyclic) bond motifs is 1. The molecule has 1 aromatic heterocycles. The van der Waals surface area contributed by atoms with Crippen molar-refractivity contribution in [3.8, 4) is 0 Å². The molecule has 2 rings (SSSR count). The standard InChI is InChI=1S/C10H6N2O5/c13-9(10(14)15)5-4-11-6-2-1-3-7(8(5)6)12(16)17/h1-4,11H,(H,14,15). The van der Waals surface area contributed by atoms with Crippen LogP contribution in [0.1, 0.15) is 10.4 Å². The maximum Gasteiger partial charge on any atom is 0.377 e. The molecular formula is C10H6N2O5. The summed E-state index contributed by atoms with van der Waals surface area (Å²) in [4.78, 5) is 34.7. The quantitative estimate of drug-likeness (QED) is 0.360. The number of nitro benzene ring substituents is 1. The normalized spacial score (nSPS) is 10.4. The summed E-state index contributed by atoms with van der Waals surface area (Å²) in [6, 6.07) is 4.20. The Kier molecular flexibility index (Phi) is 2.36. The van der Waals surface area contributed by atoms with E-state index in [1.54, 1.807) is 0 Å². The Morgan fingerprint density at radius 2 is 2.06 bits per heavy atom. The summed E-state index contributed by atoms with van der Waals surface area (Å²) >= 11 is 0. The van der Waals surface area contributed by atoms with Crippen LogP contribution in [0.4, 0.5) is 5.69 Å². The van der Waals surface area contributed by atoms with Gasteiger partial charge in [0.25, 0.3) is 11.5 Å². The number of carboxylic acid groups (broad SMARTS) is 1. The number of nitro groups is 1. The average molecular weight is 234 g/mol. The van der Waals surface area contributed by atoms with Crippen LogP contribution in [0.25, 0.3) is 10.9 Å². The van der Waals surface area contributed by atoms with Crippen molar-refractivity contribution in [2.45, 2.75) is 0 Å². The zero-order chi connectivity index (χ0) is 12.6. The lowest BCUT2D eigenvalue weighted by atomic mass is 10.1. The largest absolute Gasteiger partial charge is 0.475 e. The second kappa shape index (κ2) is 3.71. The van der Waals surface area contributed by atoms with E-state index in [1.165, 1.54) is 18.2 Å². The van der Waals surface area contributed by atoms with E-state index in [-0.39, 0.29) is 16.6 Å². The Hall–Kier alpha value is -2.70. The van der Waals surface area contributed by atoms with Crippen LogP contribution in [-0.2, 0) is 4.79 Å². The summed E-state index contributed by atoms with van der Waals surface area (Å²) in [5.41, 5.74) is -0.156. The number of rotatable bonds is 3. The molecule has 0 radical (unpaired) electrons. The highest BCUT2D eigenvalue weighted by Gasteiger charge is 2.24. The summed E-state index contributed by atoms with van der Waals surface area (Å²) in [6.07, 6.45) is 1.16. The molecule has 0 spiro atoms. The van der Waals surface area contributed by atoms with Crippen LogP contribution in [-0.4, -0.2) is 26.8 Å². The molecule has 0 unspecified atom stereocenters. The highest BCUT2D eigenvalue weighted by molar-refractivity contribution is 6.42. The van der Waals surface area contributed by atoms with E-state index < -0.39 is 16.7 Å². The van der Waals surface area contributed by atoms with Crippen molar-refractivity contribution in [2.24, 2.45) is 0 Å². The van der Waals surface area contributed by atoms with Gasteiger partial charge in [-0.25, -0.2) is 4.79 Å². The minimum Gasteiger partial charge on any atom is -0.475 e. The molecule has 1 aromatic carbocycles. The van der Waals surface area contributed by atoms with Gasteiger partial charge in [0.15, 0.2) is 0 Å². The summed E-state index contributed by atoms with van der Waals surface area (Å²) in [5.74, 6) is -2.82. The lowest BCUT2D eigenvalue weighted by Crippen LogP contribution is -2.12. The van der Waals surface area contributed by atoms with Crippen molar-refractivity contribution >= 4 is 28.3 Å². The summed E-state index contributed by atoms with van der Waals surface area (Å²) in [7, 11) is 0. The van der Waals surface area contributed by atoms with E-state index in [0.717, 1.165) is 6.20 Å². The second-order valence-electron chi connectivity index (χ2n) is 3.29. The zero-order valence-corrected chi connectivity index (χ0v) is 8.34. The van der Waals surface area contributed by atoms with Gasteiger partial charge in [0.2, 0.25) is 0 Å². The lowest BCUT2D eigenvalue weighted by molar-refractivity contribution is -0.383. The summed E-state index contributed by atoms with van der Waals surface area (Å²) < 4.78 is 0. The van der Waals surface area contributed by atoms with Crippen molar-refractivity contribution in [3.05, 3.63) is 40.1 Å². The summed E-state index contributed by atoms with van der Waals surface area (Å²) in [5, 5.41) is 19.4. The lowest BCUT2D eigenvalue weighted by Gasteiger charge is -1.96. The summed E-state index contributed by atoms with van der Waals surface area (Å²) in [6.45, 7) is 0. The third-order valence-corrected chi connectivity index (χ3v) is 2.32. The highest BCUT2D eigenvalue weighted by Crippen LogP contribution is 2.28. The van der Waals surface area contributed by atoms with Crippen LogP contribution in [0.15, 0.2) is 24.4 Å². The molecule has 0 aliphatic heterocycles. The number of hydrogen-bond acceptors (Lipinski definition) is 4. The molecule has 0 aliphatic rings. The number of H-pyrrole nitrogens is 1. The number of aliphatic carboxylic acids is 1. The third kappa shape index (κ3) is 1.63. The maximum absolute atomic E-state index is 11.4. The van der Waals surface area contributed by atoms with Gasteiger partial charge in [0.1, 0.15) is 0 Å². The fourth-order valence-electron chi connectivity index (χ4n) is 1.61. The molecule has 86 valence electrons. The van der Waals surface area contributed by atoms with Gasteiger partial charge in [0.05, 0.1) is 21.4 Å². The number of benzene rings is 1. The van der Waals surface area contributed by atoms with E-state index in [4.69, 9.17) is 5.11 Å². The zero-order valence-electron chi connectivity index (χ0n) is 8.34. The third-order valence-electron chi connectivity index (χ3n) is 2.32. The number of nitrogens with zero attached hydrogens (tertiary/aromatic N) is 1. The Morgan fingerprint density at radius 1 is 1.35 bits per heavy atom. The fourth-order valence-corrected chi connectivity index (χ4v) is 1.61. The molecule has 0 saturated carbocycles. The Balaban J connectivity index is 2.78. The Morgan fingerprint density at radius 3 is 2.65 bits per heavy atom. The number of nitrogens with one attached hydrogen (secondary N) is 1. The highest BCUT2D eigenvalue weighted by atomic mass is 16.6. The number of hydrogen-bond donors (Lipinski definition) is 2. The molecule has 17 heavy (non-hydrogen) atoms. The van der Waals surface area contributed by atoms with Gasteiger partial charge < -0.3 is 10.1 Å². The number of carboxylic acids is 1. The molecule has 7 heteroatoms. The van der Waals surface area contributed by atoms with Crippen molar-refractivity contribution in [1.82, 2.24) is 4.98 Å². The molecular weight excluding hydrogens is 228 g/mol. The average Bonchev–Trinajstić information content (AvgIpc) is 2.70. The van der Waals surface area contributed by atoms with Crippen LogP contribution in [0.2, 0.25) is 0 Å². The molecule has 0 saturated heterocycles. The van der Waals surface area contributed by atoms with Gasteiger partial charge in [-0.05, 0) is 6.07 Å². The van der Waals surface area contributed by atoms with E-state index in [9.17, 15) is 19.7 Å². The minimum atomic E-state index is -1.65. The molecule has 0 amide bonds. The van der Waals surface area contributed by atoms with E-state index >= 15 is 0 Å². The topological polar surface area (TPSA) is 113 Å². The van der Waals surface area contributed by atoms with Gasteiger partial charge in [-0.1, -0.05) is 6.07 Å². The first-order valence-corrected chi connectivity index (χ1v) is 4.54. The van der Waals surface area contributed by atoms with Crippen LogP contribution in [0, 0.1) is 10.1 Å². The van der Waals surface area contributed by atoms with E-state index in [0.29, 0.717) is 5.52 Å². The van der Waals surface area contributed by atoms with Crippen molar-refractivity contribution in [2.75, 3.05) is 0 Å². The fraction of sp³-hybridized carbons (Fsp3) is 0. The first-order valence-electron chi connectivity index (χ1n) is 4.54. The van der Waals surface area contributed by atoms with Gasteiger partial charge in [-0.15, -0.1) is 0 Å². The van der Waals surface area contributed by atoms with E-state index in [2.05, 4.69) is 4.98 Å². The Bertz CT molecular complexity index is 643. The number of ketones is 1. The number of aromatic amines is 1. The maximum atomic E-state index is 11.4. The van der Waals surface area contributed by atoms with Crippen LogP contribution < -0.4 is 0 Å². The van der Waals surface area contributed by atoms with E-state index in [1.807, 2.05) is 0 Å². The van der Waals surface area contributed by atoms with Crippen molar-refractivity contribution in [1.29, 1.82) is 0 Å². The Labute approximate surface area is 93.8 Å². The molecule has 0 bridgehead atoms. The molecule has 2 N–H and O–H groups in total. The van der Waals surface area contributed by atoms with Gasteiger partial charge >= 0.3 is 5.97 Å². The molecule has 0 fully saturated rings. The molecule has 0 aliphatic carbocycles. The first-order chi connectivity index (χ1) is 8.02. The van der Waals surface area contributed by atoms with Gasteiger partial charge in [0, 0.05) is 12.3 Å². The van der Waals surface area contributed by atoms with Gasteiger partial charge in [-0.3, -0.25) is 14.9 Å². The van der Waals surface area contributed by atoms with Crippen LogP contribution >= 0.6 is 0 Å². The number of non-ortho nitro benzene ring substituents is 1. The molecule has 2 aromatic rings. The van der Waals surface area contributed by atoms with Crippen LogP contribution in [0.3, 0.4) is 0 Å². The van der Waals surface area contributed by atoms with Crippen LogP contribution in [0.5, 0.6) is 0 Å². The molecule has 1 heterocycles. The van der Waals surface area contributed by atoms with Gasteiger partial charge in [-0.2, -0.15) is 0 Å². The minimum absolute atomic E-state index is 0.0184. The number of aromatic nitrogens is 1. The molecule has 7 nitrogen and oxygen atoms in total. The first kappa shape index (κ1) is 10.8.